The van der Waals surface area contributed by atoms with E-state index in [2.05, 4.69) is 45.7 Å². The molecule has 0 fully saturated rings. The molecule has 0 atom stereocenters. The van der Waals surface area contributed by atoms with Crippen molar-refractivity contribution in [3.63, 3.8) is 0 Å². The van der Waals surface area contributed by atoms with Crippen molar-refractivity contribution in [2.24, 2.45) is 5.41 Å². The molecule has 1 heterocycles. The van der Waals surface area contributed by atoms with Crippen LogP contribution in [-0.4, -0.2) is 24.4 Å². The first-order valence-electron chi connectivity index (χ1n) is 5.13. The molecular weight excluding hydrogens is 252 g/mol. The maximum atomic E-state index is 4.41. The molecule has 1 aromatic rings. The minimum absolute atomic E-state index is 0.272. The number of pyridine rings is 1. The molecule has 0 amide bonds. The monoisotopic (exact) mass is 270 g/mol. The number of alkyl halides is 1. The Labute approximate surface area is 101 Å². The van der Waals surface area contributed by atoms with Crippen LogP contribution in [0.4, 0.5) is 5.82 Å². The lowest BCUT2D eigenvalue weighted by Gasteiger charge is -2.24. The Balaban J connectivity index is 2.94. The normalized spacial score (nSPS) is 11.5. The summed E-state index contributed by atoms with van der Waals surface area (Å²) >= 11 is 3.56. The Hall–Kier alpha value is -0.570. The van der Waals surface area contributed by atoms with E-state index in [0.29, 0.717) is 0 Å². The van der Waals surface area contributed by atoms with Crippen LogP contribution >= 0.6 is 15.9 Å². The molecule has 0 saturated carbocycles. The predicted molar refractivity (Wildman–Crippen MR) is 69.8 cm³/mol. The second kappa shape index (κ2) is 4.97. The van der Waals surface area contributed by atoms with Gasteiger partial charge in [-0.1, -0.05) is 35.8 Å². The molecule has 0 aliphatic carbocycles. The summed E-state index contributed by atoms with van der Waals surface area (Å²) in [4.78, 5) is 6.48. The minimum atomic E-state index is 0.272. The van der Waals surface area contributed by atoms with Gasteiger partial charge in [-0.2, -0.15) is 0 Å². The smallest absolute Gasteiger partial charge is 0.131 e. The van der Waals surface area contributed by atoms with Crippen molar-refractivity contribution in [2.45, 2.75) is 20.3 Å². The summed E-state index contributed by atoms with van der Waals surface area (Å²) in [5, 5.41) is 1.00. The Morgan fingerprint density at radius 3 is 2.60 bits per heavy atom. The van der Waals surface area contributed by atoms with Gasteiger partial charge in [0.1, 0.15) is 5.82 Å². The quantitative estimate of drug-likeness (QED) is 0.782. The summed E-state index contributed by atoms with van der Waals surface area (Å²) in [5.74, 6) is 1.08. The van der Waals surface area contributed by atoms with Gasteiger partial charge >= 0.3 is 0 Å². The lowest BCUT2D eigenvalue weighted by Crippen LogP contribution is -2.20. The molecule has 1 aromatic heterocycles. The average molecular weight is 271 g/mol. The zero-order valence-corrected chi connectivity index (χ0v) is 11.5. The first kappa shape index (κ1) is 12.5. The van der Waals surface area contributed by atoms with Crippen LogP contribution in [0.3, 0.4) is 0 Å². The highest BCUT2D eigenvalue weighted by Gasteiger charge is 2.19. The molecule has 0 saturated heterocycles. The molecule has 2 nitrogen and oxygen atoms in total. The van der Waals surface area contributed by atoms with Crippen LogP contribution in [0.5, 0.6) is 0 Å². The topological polar surface area (TPSA) is 16.1 Å². The van der Waals surface area contributed by atoms with Gasteiger partial charge in [-0.3, -0.25) is 0 Å². The van der Waals surface area contributed by atoms with E-state index in [0.717, 1.165) is 17.6 Å². The number of nitrogens with zero attached hydrogens (tertiary/aromatic N) is 2. The summed E-state index contributed by atoms with van der Waals surface area (Å²) in [7, 11) is 4.07. The maximum absolute atomic E-state index is 4.41. The Morgan fingerprint density at radius 2 is 2.07 bits per heavy atom. The molecule has 0 unspecified atom stereocenters. The third-order valence-corrected chi connectivity index (χ3v) is 3.84. The molecule has 15 heavy (non-hydrogen) atoms. The Morgan fingerprint density at radius 1 is 1.40 bits per heavy atom. The number of halogens is 1. The Kier molecular flexibility index (Phi) is 4.14. The van der Waals surface area contributed by atoms with Gasteiger partial charge in [0.2, 0.25) is 0 Å². The fourth-order valence-corrected chi connectivity index (χ4v) is 1.73. The lowest BCUT2D eigenvalue weighted by molar-refractivity contribution is 0.424. The fourth-order valence-electron chi connectivity index (χ4n) is 1.53. The molecule has 0 spiro atoms. The van der Waals surface area contributed by atoms with E-state index in [1.807, 2.05) is 26.4 Å². The van der Waals surface area contributed by atoms with Crippen molar-refractivity contribution in [1.29, 1.82) is 0 Å². The molecule has 0 aliphatic heterocycles. The van der Waals surface area contributed by atoms with Crippen molar-refractivity contribution in [3.05, 3.63) is 23.9 Å². The third kappa shape index (κ3) is 3.49. The van der Waals surface area contributed by atoms with Crippen LogP contribution in [0.2, 0.25) is 0 Å². The number of hydrogen-bond acceptors (Lipinski definition) is 2. The van der Waals surface area contributed by atoms with Crippen LogP contribution in [0.15, 0.2) is 18.3 Å². The van der Waals surface area contributed by atoms with Gasteiger partial charge in [0.25, 0.3) is 0 Å². The van der Waals surface area contributed by atoms with Gasteiger partial charge in [-0.25, -0.2) is 4.98 Å². The van der Waals surface area contributed by atoms with E-state index in [1.165, 1.54) is 5.56 Å². The molecular formula is C12H19BrN2. The van der Waals surface area contributed by atoms with Gasteiger partial charge in [0, 0.05) is 25.6 Å². The molecule has 0 radical (unpaired) electrons. The summed E-state index contributed by atoms with van der Waals surface area (Å²) in [6.45, 7) is 4.52. The van der Waals surface area contributed by atoms with E-state index < -0.39 is 0 Å². The zero-order chi connectivity index (χ0) is 11.5. The van der Waals surface area contributed by atoms with E-state index in [9.17, 15) is 0 Å². The van der Waals surface area contributed by atoms with Crippen molar-refractivity contribution in [3.8, 4) is 0 Å². The first-order valence-corrected chi connectivity index (χ1v) is 6.25. The molecule has 3 heteroatoms. The summed E-state index contributed by atoms with van der Waals surface area (Å²) in [5.41, 5.74) is 1.58. The van der Waals surface area contributed by atoms with E-state index in [-0.39, 0.29) is 5.41 Å². The standard InChI is InChI=1S/C12H19BrN2/c1-12(2,9-13)8-10-6-5-7-14-11(10)15(3)4/h5-7H,8-9H2,1-4H3. The van der Waals surface area contributed by atoms with Crippen molar-refractivity contribution in [1.82, 2.24) is 4.98 Å². The van der Waals surface area contributed by atoms with Crippen LogP contribution in [0.1, 0.15) is 19.4 Å². The summed E-state index contributed by atoms with van der Waals surface area (Å²) < 4.78 is 0. The van der Waals surface area contributed by atoms with Gasteiger partial charge < -0.3 is 4.90 Å². The summed E-state index contributed by atoms with van der Waals surface area (Å²) in [6, 6.07) is 4.17. The van der Waals surface area contributed by atoms with Crippen LogP contribution < -0.4 is 4.90 Å². The Bertz CT molecular complexity index is 321. The first-order chi connectivity index (χ1) is 6.96. The van der Waals surface area contributed by atoms with Gasteiger partial charge in [-0.05, 0) is 23.5 Å². The van der Waals surface area contributed by atoms with Crippen molar-refractivity contribution < 1.29 is 0 Å². The number of rotatable bonds is 4. The largest absolute Gasteiger partial charge is 0.363 e. The average Bonchev–Trinajstić information content (AvgIpc) is 2.18. The highest BCUT2D eigenvalue weighted by Crippen LogP contribution is 2.27. The number of aromatic nitrogens is 1. The molecule has 0 bridgehead atoms. The maximum Gasteiger partial charge on any atom is 0.131 e. The van der Waals surface area contributed by atoms with E-state index >= 15 is 0 Å². The number of hydrogen-bond donors (Lipinski definition) is 0. The predicted octanol–water partition coefficient (Wildman–Crippen LogP) is 3.11. The van der Waals surface area contributed by atoms with Crippen LogP contribution in [0, 0.1) is 5.41 Å². The van der Waals surface area contributed by atoms with Crippen molar-refractivity contribution >= 4 is 21.7 Å². The number of anilines is 1. The van der Waals surface area contributed by atoms with E-state index in [1.54, 1.807) is 0 Å². The highest BCUT2D eigenvalue weighted by atomic mass is 79.9. The van der Waals surface area contributed by atoms with Crippen LogP contribution in [0.25, 0.3) is 0 Å². The molecule has 0 N–H and O–H groups in total. The second-order valence-corrected chi connectivity index (χ2v) is 5.42. The minimum Gasteiger partial charge on any atom is -0.363 e. The van der Waals surface area contributed by atoms with Crippen molar-refractivity contribution in [2.75, 3.05) is 24.3 Å². The molecule has 0 aromatic carbocycles. The summed E-state index contributed by atoms with van der Waals surface area (Å²) in [6.07, 6.45) is 2.89. The van der Waals surface area contributed by atoms with Gasteiger partial charge in [0.05, 0.1) is 0 Å². The second-order valence-electron chi connectivity index (χ2n) is 4.86. The molecule has 84 valence electrons. The molecule has 1 rings (SSSR count). The lowest BCUT2D eigenvalue weighted by atomic mass is 9.88. The van der Waals surface area contributed by atoms with Gasteiger partial charge in [0.15, 0.2) is 0 Å². The molecule has 0 aliphatic rings. The van der Waals surface area contributed by atoms with E-state index in [4.69, 9.17) is 0 Å². The van der Waals surface area contributed by atoms with Crippen LogP contribution in [-0.2, 0) is 6.42 Å². The highest BCUT2D eigenvalue weighted by molar-refractivity contribution is 9.09. The fraction of sp³-hybridized carbons (Fsp3) is 0.583. The SMILES string of the molecule is CN(C)c1ncccc1CC(C)(C)CBr. The zero-order valence-electron chi connectivity index (χ0n) is 9.92. The third-order valence-electron chi connectivity index (χ3n) is 2.32. The van der Waals surface area contributed by atoms with Gasteiger partial charge in [-0.15, -0.1) is 0 Å².